The number of carboxylic acid groups (broad SMARTS) is 1. The highest BCUT2D eigenvalue weighted by molar-refractivity contribution is 9.10. The minimum Gasteiger partial charge on any atom is -0.478 e. The molecule has 0 spiro atoms. The molecule has 0 fully saturated rings. The quantitative estimate of drug-likeness (QED) is 0.858. The van der Waals surface area contributed by atoms with Crippen LogP contribution in [-0.4, -0.2) is 11.1 Å². The second kappa shape index (κ2) is 6.88. The van der Waals surface area contributed by atoms with Crippen molar-refractivity contribution in [2.45, 2.75) is 13.2 Å². The van der Waals surface area contributed by atoms with Gasteiger partial charge in [0.1, 0.15) is 0 Å². The smallest absolute Gasteiger partial charge is 0.335 e. The standard InChI is InChI=1S/C15H12BrClO3/c16-13-3-1-2-10(6-13)8-20-9-12-5-4-11(15(18)19)7-14(12)17/h1-7H,8-9H2,(H,18,19). The number of carboxylic acids is 1. The predicted molar refractivity (Wildman–Crippen MR) is 81.0 cm³/mol. The lowest BCUT2D eigenvalue weighted by Gasteiger charge is -2.07. The summed E-state index contributed by atoms with van der Waals surface area (Å²) in [7, 11) is 0. The van der Waals surface area contributed by atoms with Crippen LogP contribution in [0.5, 0.6) is 0 Å². The van der Waals surface area contributed by atoms with Gasteiger partial charge in [0.05, 0.1) is 18.8 Å². The summed E-state index contributed by atoms with van der Waals surface area (Å²) in [6.45, 7) is 0.807. The molecule has 2 aromatic carbocycles. The maximum Gasteiger partial charge on any atom is 0.335 e. The molecule has 0 heterocycles. The Bertz CT molecular complexity index is 628. The molecule has 0 saturated heterocycles. The highest BCUT2D eigenvalue weighted by atomic mass is 79.9. The first-order chi connectivity index (χ1) is 9.56. The van der Waals surface area contributed by atoms with Crippen molar-refractivity contribution in [3.63, 3.8) is 0 Å². The van der Waals surface area contributed by atoms with E-state index in [1.807, 2.05) is 24.3 Å². The second-order valence-electron chi connectivity index (χ2n) is 4.23. The first-order valence-electron chi connectivity index (χ1n) is 5.90. The van der Waals surface area contributed by atoms with E-state index in [0.717, 1.165) is 15.6 Å². The SMILES string of the molecule is O=C(O)c1ccc(COCc2cccc(Br)c2)c(Cl)c1. The maximum atomic E-state index is 10.8. The van der Waals surface area contributed by atoms with Gasteiger partial charge in [0.25, 0.3) is 0 Å². The van der Waals surface area contributed by atoms with Crippen molar-refractivity contribution in [1.82, 2.24) is 0 Å². The van der Waals surface area contributed by atoms with Crippen LogP contribution in [0.4, 0.5) is 0 Å². The third kappa shape index (κ3) is 4.07. The summed E-state index contributed by atoms with van der Waals surface area (Å²) in [6.07, 6.45) is 0. The summed E-state index contributed by atoms with van der Waals surface area (Å²) in [5.41, 5.74) is 2.00. The molecule has 0 amide bonds. The summed E-state index contributed by atoms with van der Waals surface area (Å²) in [5.74, 6) is -0.992. The lowest BCUT2D eigenvalue weighted by molar-refractivity contribution is 0.0696. The van der Waals surface area contributed by atoms with E-state index in [1.54, 1.807) is 6.07 Å². The van der Waals surface area contributed by atoms with Crippen molar-refractivity contribution < 1.29 is 14.6 Å². The summed E-state index contributed by atoms with van der Waals surface area (Å²) in [5, 5.41) is 9.26. The Balaban J connectivity index is 1.96. The van der Waals surface area contributed by atoms with Gasteiger partial charge in [-0.3, -0.25) is 0 Å². The van der Waals surface area contributed by atoms with Crippen LogP contribution in [0.2, 0.25) is 5.02 Å². The van der Waals surface area contributed by atoms with Crippen molar-refractivity contribution in [1.29, 1.82) is 0 Å². The summed E-state index contributed by atoms with van der Waals surface area (Å²) in [6, 6.07) is 12.5. The molecule has 0 aromatic heterocycles. The Morgan fingerprint density at radius 2 is 2.00 bits per heavy atom. The molecule has 0 radical (unpaired) electrons. The van der Waals surface area contributed by atoms with Gasteiger partial charge in [0, 0.05) is 9.50 Å². The molecule has 0 aliphatic heterocycles. The minimum atomic E-state index is -0.992. The molecular formula is C15H12BrClO3. The number of carbonyl (C=O) groups is 1. The number of hydrogen-bond acceptors (Lipinski definition) is 2. The number of rotatable bonds is 5. The molecule has 104 valence electrons. The molecule has 0 bridgehead atoms. The van der Waals surface area contributed by atoms with E-state index in [9.17, 15) is 4.79 Å². The Kier molecular flexibility index (Phi) is 5.17. The fraction of sp³-hybridized carbons (Fsp3) is 0.133. The number of benzene rings is 2. The van der Waals surface area contributed by atoms with Crippen molar-refractivity contribution in [3.05, 3.63) is 68.7 Å². The van der Waals surface area contributed by atoms with Crippen molar-refractivity contribution in [3.8, 4) is 0 Å². The van der Waals surface area contributed by atoms with Gasteiger partial charge in [-0.2, -0.15) is 0 Å². The predicted octanol–water partition coefficient (Wildman–Crippen LogP) is 4.52. The number of aromatic carboxylic acids is 1. The average molecular weight is 356 g/mol. The monoisotopic (exact) mass is 354 g/mol. The van der Waals surface area contributed by atoms with Gasteiger partial charge in [0.15, 0.2) is 0 Å². The molecule has 0 aliphatic rings. The molecule has 5 heteroatoms. The van der Waals surface area contributed by atoms with Gasteiger partial charge in [-0.25, -0.2) is 4.79 Å². The van der Waals surface area contributed by atoms with E-state index >= 15 is 0 Å². The molecule has 0 aliphatic carbocycles. The van der Waals surface area contributed by atoms with Crippen LogP contribution in [0.25, 0.3) is 0 Å². The van der Waals surface area contributed by atoms with Crippen LogP contribution >= 0.6 is 27.5 Å². The lowest BCUT2D eigenvalue weighted by atomic mass is 10.1. The summed E-state index contributed by atoms with van der Waals surface area (Å²) in [4.78, 5) is 10.8. The highest BCUT2D eigenvalue weighted by Crippen LogP contribution is 2.20. The molecular weight excluding hydrogens is 344 g/mol. The van der Waals surface area contributed by atoms with Crippen LogP contribution in [0, 0.1) is 0 Å². The zero-order valence-corrected chi connectivity index (χ0v) is 12.8. The summed E-state index contributed by atoms with van der Waals surface area (Å²) < 4.78 is 6.59. The van der Waals surface area contributed by atoms with Crippen LogP contribution < -0.4 is 0 Å². The van der Waals surface area contributed by atoms with Gasteiger partial charge >= 0.3 is 5.97 Å². The molecule has 2 aromatic rings. The fourth-order valence-corrected chi connectivity index (χ4v) is 2.38. The lowest BCUT2D eigenvalue weighted by Crippen LogP contribution is -1.99. The number of hydrogen-bond donors (Lipinski definition) is 1. The second-order valence-corrected chi connectivity index (χ2v) is 5.56. The van der Waals surface area contributed by atoms with E-state index in [-0.39, 0.29) is 5.56 Å². The molecule has 20 heavy (non-hydrogen) atoms. The van der Waals surface area contributed by atoms with Gasteiger partial charge in [0.2, 0.25) is 0 Å². The van der Waals surface area contributed by atoms with Crippen molar-refractivity contribution >= 4 is 33.5 Å². The van der Waals surface area contributed by atoms with E-state index in [1.165, 1.54) is 12.1 Å². The van der Waals surface area contributed by atoms with Crippen LogP contribution in [0.3, 0.4) is 0 Å². The van der Waals surface area contributed by atoms with Gasteiger partial charge in [-0.1, -0.05) is 45.7 Å². The summed E-state index contributed by atoms with van der Waals surface area (Å²) >= 11 is 9.43. The van der Waals surface area contributed by atoms with Gasteiger partial charge in [-0.05, 0) is 35.4 Å². The van der Waals surface area contributed by atoms with E-state index in [4.69, 9.17) is 21.4 Å². The van der Waals surface area contributed by atoms with E-state index < -0.39 is 5.97 Å². The normalized spacial score (nSPS) is 10.5. The number of halogens is 2. The first-order valence-corrected chi connectivity index (χ1v) is 7.07. The van der Waals surface area contributed by atoms with Crippen molar-refractivity contribution in [2.24, 2.45) is 0 Å². The molecule has 0 saturated carbocycles. The zero-order chi connectivity index (χ0) is 14.5. The molecule has 3 nitrogen and oxygen atoms in total. The maximum absolute atomic E-state index is 10.8. The highest BCUT2D eigenvalue weighted by Gasteiger charge is 2.07. The number of ether oxygens (including phenoxy) is 1. The molecule has 0 atom stereocenters. The largest absolute Gasteiger partial charge is 0.478 e. The molecule has 2 rings (SSSR count). The molecule has 0 unspecified atom stereocenters. The fourth-order valence-electron chi connectivity index (χ4n) is 1.70. The first kappa shape index (κ1) is 15.0. The van der Waals surface area contributed by atoms with Crippen LogP contribution in [-0.2, 0) is 18.0 Å². The Morgan fingerprint density at radius 1 is 1.20 bits per heavy atom. The topological polar surface area (TPSA) is 46.5 Å². The third-order valence-corrected chi connectivity index (χ3v) is 3.56. The average Bonchev–Trinajstić information content (AvgIpc) is 2.40. The van der Waals surface area contributed by atoms with Gasteiger partial charge in [-0.15, -0.1) is 0 Å². The Hall–Kier alpha value is -1.36. The van der Waals surface area contributed by atoms with E-state index in [0.29, 0.717) is 18.2 Å². The zero-order valence-electron chi connectivity index (χ0n) is 10.5. The van der Waals surface area contributed by atoms with Crippen LogP contribution in [0.1, 0.15) is 21.5 Å². The minimum absolute atomic E-state index is 0.172. The van der Waals surface area contributed by atoms with Crippen molar-refractivity contribution in [2.75, 3.05) is 0 Å². The van der Waals surface area contributed by atoms with E-state index in [2.05, 4.69) is 15.9 Å². The third-order valence-electron chi connectivity index (χ3n) is 2.72. The van der Waals surface area contributed by atoms with Crippen LogP contribution in [0.15, 0.2) is 46.9 Å². The molecule has 1 N–H and O–H groups in total. The Morgan fingerprint density at radius 3 is 2.65 bits per heavy atom. The van der Waals surface area contributed by atoms with Gasteiger partial charge < -0.3 is 9.84 Å². The Labute approximate surface area is 130 Å².